The van der Waals surface area contributed by atoms with E-state index in [1.54, 1.807) is 6.07 Å². The predicted octanol–water partition coefficient (Wildman–Crippen LogP) is 0.179. The van der Waals surface area contributed by atoms with E-state index < -0.39 is 6.29 Å². The van der Waals surface area contributed by atoms with E-state index in [9.17, 15) is 0 Å². The lowest BCUT2D eigenvalue weighted by Crippen LogP contribution is -2.14. The van der Waals surface area contributed by atoms with Crippen molar-refractivity contribution in [2.75, 3.05) is 21.3 Å². The molecule has 0 spiro atoms. The van der Waals surface area contributed by atoms with E-state index in [4.69, 9.17) is 15.5 Å². The van der Waals surface area contributed by atoms with Crippen molar-refractivity contribution < 1.29 is 19.7 Å². The van der Waals surface area contributed by atoms with Crippen molar-refractivity contribution >= 4 is 0 Å². The first-order valence-electron chi connectivity index (χ1n) is 3.04. The van der Waals surface area contributed by atoms with Crippen LogP contribution in [0.2, 0.25) is 0 Å². The molecule has 0 aliphatic carbocycles. The molecule has 0 aromatic heterocycles. The zero-order valence-corrected chi connectivity index (χ0v) is 7.31. The highest BCUT2D eigenvalue weighted by Gasteiger charge is 2.10. The highest BCUT2D eigenvalue weighted by molar-refractivity contribution is 5.20. The van der Waals surface area contributed by atoms with E-state index >= 15 is 0 Å². The number of nitrogens with zero attached hydrogens (tertiary/aromatic N) is 1. The zero-order chi connectivity index (χ0) is 9.98. The van der Waals surface area contributed by atoms with E-state index in [1.165, 1.54) is 14.2 Å². The van der Waals surface area contributed by atoms with Crippen LogP contribution in [0.4, 0.5) is 0 Å². The minimum atomic E-state index is -0.769. The minimum absolute atomic E-state index is 0.0463. The first kappa shape index (κ1) is 13.5. The molecule has 0 saturated carbocycles. The molecule has 70 valence electrons. The largest absolute Gasteiger partial charge is 0.514 e. The lowest BCUT2D eigenvalue weighted by Gasteiger charge is -2.09. The Labute approximate surface area is 71.5 Å². The van der Waals surface area contributed by atoms with E-state index in [0.717, 1.165) is 7.11 Å². The van der Waals surface area contributed by atoms with Crippen LogP contribution in [0.15, 0.2) is 11.8 Å². The number of methoxy groups -OCH3 is 2. The molecule has 0 aliphatic rings. The molecular weight excluding hydrogens is 162 g/mol. The zero-order valence-electron chi connectivity index (χ0n) is 7.31. The van der Waals surface area contributed by atoms with Gasteiger partial charge in [-0.1, -0.05) is 0 Å². The molecule has 0 aromatic carbocycles. The summed E-state index contributed by atoms with van der Waals surface area (Å²) in [7, 11) is 3.77. The van der Waals surface area contributed by atoms with Crippen molar-refractivity contribution in [3.63, 3.8) is 0 Å². The van der Waals surface area contributed by atoms with Gasteiger partial charge in [-0.25, -0.2) is 0 Å². The summed E-state index contributed by atoms with van der Waals surface area (Å²) in [4.78, 5) is 0. The average molecular weight is 175 g/mol. The summed E-state index contributed by atoms with van der Waals surface area (Å²) in [5, 5.41) is 23.7. The molecule has 0 atom stereocenters. The molecule has 0 unspecified atom stereocenters. The van der Waals surface area contributed by atoms with Crippen LogP contribution in [0.1, 0.15) is 0 Å². The van der Waals surface area contributed by atoms with Crippen LogP contribution in [0.25, 0.3) is 0 Å². The van der Waals surface area contributed by atoms with Crippen LogP contribution in [-0.4, -0.2) is 37.8 Å². The van der Waals surface area contributed by atoms with Crippen molar-refractivity contribution in [2.24, 2.45) is 0 Å². The molecular formula is C7H13NO4. The fourth-order valence-electron chi connectivity index (χ4n) is 0.493. The molecule has 0 heterocycles. The summed E-state index contributed by atoms with van der Waals surface area (Å²) >= 11 is 0. The number of aliphatic hydroxyl groups is 2. The van der Waals surface area contributed by atoms with Crippen molar-refractivity contribution in [1.29, 1.82) is 5.26 Å². The molecule has 0 aliphatic heterocycles. The third-order valence-electron chi connectivity index (χ3n) is 0.950. The van der Waals surface area contributed by atoms with Gasteiger partial charge in [0.25, 0.3) is 0 Å². The van der Waals surface area contributed by atoms with Crippen LogP contribution in [0.5, 0.6) is 0 Å². The van der Waals surface area contributed by atoms with Crippen molar-refractivity contribution in [3.05, 3.63) is 11.8 Å². The molecule has 0 amide bonds. The van der Waals surface area contributed by atoms with Crippen LogP contribution < -0.4 is 0 Å². The van der Waals surface area contributed by atoms with Gasteiger partial charge in [0.2, 0.25) is 0 Å². The quantitative estimate of drug-likeness (QED) is 0.363. The Morgan fingerprint density at radius 2 is 1.83 bits per heavy atom. The monoisotopic (exact) mass is 175 g/mol. The summed E-state index contributed by atoms with van der Waals surface area (Å²) in [6, 6.07) is 1.71. The average Bonchev–Trinajstić information content (AvgIpc) is 2.17. The van der Waals surface area contributed by atoms with E-state index in [1.807, 2.05) is 0 Å². The third-order valence-corrected chi connectivity index (χ3v) is 0.950. The maximum atomic E-state index is 8.41. The van der Waals surface area contributed by atoms with Gasteiger partial charge in [0.05, 0.1) is 6.26 Å². The maximum Gasteiger partial charge on any atom is 0.196 e. The first-order chi connectivity index (χ1) is 5.79. The molecule has 12 heavy (non-hydrogen) atoms. The third kappa shape index (κ3) is 4.68. The standard InChI is InChI=1S/C6H9NO3.CH4O/c1-9-6(10-2)5(3-7)4-8;1-2/h4,6,8H,1-2H3;2H,1H3/b5-4+;. The number of rotatable bonds is 3. The van der Waals surface area contributed by atoms with Crippen LogP contribution in [-0.2, 0) is 9.47 Å². The molecule has 0 bridgehead atoms. The van der Waals surface area contributed by atoms with Gasteiger partial charge in [0, 0.05) is 21.3 Å². The smallest absolute Gasteiger partial charge is 0.196 e. The number of ether oxygens (including phenoxy) is 2. The molecule has 0 saturated heterocycles. The number of hydrogen-bond acceptors (Lipinski definition) is 5. The second kappa shape index (κ2) is 9.91. The highest BCUT2D eigenvalue weighted by Crippen LogP contribution is 2.03. The molecule has 5 nitrogen and oxygen atoms in total. The second-order valence-electron chi connectivity index (χ2n) is 1.50. The van der Waals surface area contributed by atoms with Gasteiger partial charge >= 0.3 is 0 Å². The Bertz CT molecular complexity index is 157. The van der Waals surface area contributed by atoms with Gasteiger partial charge in [0.1, 0.15) is 11.6 Å². The number of hydrogen-bond donors (Lipinski definition) is 2. The second-order valence-corrected chi connectivity index (χ2v) is 1.50. The fraction of sp³-hybridized carbons (Fsp3) is 0.571. The van der Waals surface area contributed by atoms with Crippen LogP contribution in [0, 0.1) is 11.3 Å². The Hall–Kier alpha value is -1.09. The van der Waals surface area contributed by atoms with Crippen molar-refractivity contribution in [3.8, 4) is 6.07 Å². The normalized spacial score (nSPS) is 10.2. The molecule has 2 N–H and O–H groups in total. The van der Waals surface area contributed by atoms with Crippen molar-refractivity contribution in [1.82, 2.24) is 0 Å². The highest BCUT2D eigenvalue weighted by atomic mass is 16.7. The maximum absolute atomic E-state index is 8.41. The SMILES string of the molecule is CO.COC(OC)/C(C#N)=C/O. The lowest BCUT2D eigenvalue weighted by molar-refractivity contribution is -0.0729. The topological polar surface area (TPSA) is 82.7 Å². The van der Waals surface area contributed by atoms with Crippen LogP contribution in [0.3, 0.4) is 0 Å². The molecule has 0 radical (unpaired) electrons. The summed E-state index contributed by atoms with van der Waals surface area (Å²) < 4.78 is 9.34. The van der Waals surface area contributed by atoms with Gasteiger partial charge in [-0.15, -0.1) is 0 Å². The Morgan fingerprint density at radius 1 is 1.42 bits per heavy atom. The molecule has 0 fully saturated rings. The minimum Gasteiger partial charge on any atom is -0.514 e. The van der Waals surface area contributed by atoms with E-state index in [2.05, 4.69) is 9.47 Å². The van der Waals surface area contributed by atoms with Gasteiger partial charge in [0.15, 0.2) is 6.29 Å². The van der Waals surface area contributed by atoms with E-state index in [0.29, 0.717) is 6.26 Å². The van der Waals surface area contributed by atoms with Gasteiger partial charge in [-0.2, -0.15) is 5.26 Å². The fourth-order valence-corrected chi connectivity index (χ4v) is 0.493. The van der Waals surface area contributed by atoms with Gasteiger partial charge in [-0.3, -0.25) is 0 Å². The summed E-state index contributed by atoms with van der Waals surface area (Å²) in [6.07, 6.45) is -0.104. The first-order valence-corrected chi connectivity index (χ1v) is 3.04. The van der Waals surface area contributed by atoms with Gasteiger partial charge < -0.3 is 19.7 Å². The van der Waals surface area contributed by atoms with Crippen LogP contribution >= 0.6 is 0 Å². The Morgan fingerprint density at radius 3 is 1.92 bits per heavy atom. The molecule has 5 heteroatoms. The summed E-state index contributed by atoms with van der Waals surface area (Å²) in [6.45, 7) is 0. The number of nitriles is 1. The number of aliphatic hydroxyl groups excluding tert-OH is 2. The molecule has 0 rings (SSSR count). The molecule has 0 aromatic rings. The Kier molecular flexibility index (Phi) is 11.1. The lowest BCUT2D eigenvalue weighted by atomic mass is 10.3. The Balaban J connectivity index is 0. The summed E-state index contributed by atoms with van der Waals surface area (Å²) in [5.74, 6) is 0. The summed E-state index contributed by atoms with van der Waals surface area (Å²) in [5.41, 5.74) is 0.0463. The predicted molar refractivity (Wildman–Crippen MR) is 42.3 cm³/mol. The van der Waals surface area contributed by atoms with E-state index in [-0.39, 0.29) is 5.57 Å². The van der Waals surface area contributed by atoms with Crippen molar-refractivity contribution in [2.45, 2.75) is 6.29 Å². The van der Waals surface area contributed by atoms with Gasteiger partial charge in [-0.05, 0) is 0 Å².